The van der Waals surface area contributed by atoms with Crippen molar-refractivity contribution in [2.24, 2.45) is 0 Å². The third-order valence-electron chi connectivity index (χ3n) is 2.82. The molecule has 0 aromatic rings. The van der Waals surface area contributed by atoms with E-state index in [-0.39, 0.29) is 12.0 Å². The number of carbonyl (C=O) groups is 2. The van der Waals surface area contributed by atoms with Gasteiger partial charge in [-0.1, -0.05) is 12.7 Å². The van der Waals surface area contributed by atoms with Crippen LogP contribution in [0.5, 0.6) is 0 Å². The van der Waals surface area contributed by atoms with Crippen molar-refractivity contribution in [3.05, 3.63) is 47.7 Å². The van der Waals surface area contributed by atoms with Gasteiger partial charge in [0.2, 0.25) is 5.91 Å². The Morgan fingerprint density at radius 3 is 2.75 bits per heavy atom. The molecule has 1 aliphatic heterocycles. The molecule has 0 saturated carbocycles. The van der Waals surface area contributed by atoms with Crippen LogP contribution >= 0.6 is 0 Å². The van der Waals surface area contributed by atoms with Gasteiger partial charge in [0, 0.05) is 23.8 Å². The molecule has 1 unspecified atom stereocenters. The molecular weight excluding hydrogens is 275 g/mol. The van der Waals surface area contributed by atoms with Gasteiger partial charge in [-0.15, -0.1) is 0 Å². The maximum absolute atomic E-state index is 12.8. The van der Waals surface area contributed by atoms with E-state index < -0.39 is 29.7 Å². The number of esters is 1. The maximum Gasteiger partial charge on any atom is 0.417 e. The monoisotopic (exact) mass is 285 g/mol. The molecule has 1 amide bonds. The van der Waals surface area contributed by atoms with Gasteiger partial charge >= 0.3 is 12.1 Å². The van der Waals surface area contributed by atoms with E-state index in [1.54, 1.807) is 0 Å². The number of hydrogen-bond donors (Lipinski definition) is 1. The van der Waals surface area contributed by atoms with Gasteiger partial charge in [-0.25, -0.2) is 4.79 Å². The Morgan fingerprint density at radius 2 is 2.15 bits per heavy atom. The molecule has 0 radical (unpaired) electrons. The first kappa shape index (κ1) is 14.1. The maximum atomic E-state index is 12.8. The first-order chi connectivity index (χ1) is 9.31. The summed E-state index contributed by atoms with van der Waals surface area (Å²) in [5.74, 6) is -1.53. The van der Waals surface area contributed by atoms with Crippen LogP contribution in [0.1, 0.15) is 6.42 Å². The van der Waals surface area contributed by atoms with E-state index in [4.69, 9.17) is 4.74 Å². The molecule has 1 N–H and O–H groups in total. The van der Waals surface area contributed by atoms with E-state index in [1.165, 1.54) is 12.2 Å². The highest BCUT2D eigenvalue weighted by molar-refractivity contribution is 5.89. The van der Waals surface area contributed by atoms with E-state index >= 15 is 0 Å². The molecule has 0 spiro atoms. The number of amides is 1. The summed E-state index contributed by atoms with van der Waals surface area (Å²) in [6.07, 6.45) is -1.68. The summed E-state index contributed by atoms with van der Waals surface area (Å²) in [5.41, 5.74) is -0.766. The molecule has 0 bridgehead atoms. The van der Waals surface area contributed by atoms with Crippen LogP contribution in [0.15, 0.2) is 47.7 Å². The Morgan fingerprint density at radius 1 is 1.45 bits per heavy atom. The number of fused-ring (bicyclic) bond motifs is 1. The van der Waals surface area contributed by atoms with Crippen LogP contribution < -0.4 is 5.32 Å². The molecule has 1 atom stereocenters. The Hall–Kier alpha value is -2.31. The van der Waals surface area contributed by atoms with Gasteiger partial charge in [0.25, 0.3) is 0 Å². The molecular formula is C13H10F3NO3. The van der Waals surface area contributed by atoms with Gasteiger partial charge in [0.15, 0.2) is 0 Å². The minimum absolute atomic E-state index is 0.0232. The predicted molar refractivity (Wildman–Crippen MR) is 63.1 cm³/mol. The van der Waals surface area contributed by atoms with E-state index in [0.717, 1.165) is 6.08 Å². The standard InChI is InChI=1S/C13H10F3NO3/c1-2-11(18)17-7-3-4-8-9(13(14,15)16)6-12(19)20-10(8)5-7/h2-4,6,10H,1,5H2,(H,17,18). The highest BCUT2D eigenvalue weighted by Gasteiger charge is 2.43. The fourth-order valence-electron chi connectivity index (χ4n) is 1.97. The zero-order valence-corrected chi connectivity index (χ0v) is 10.2. The predicted octanol–water partition coefficient (Wildman–Crippen LogP) is 1.92. The molecule has 20 heavy (non-hydrogen) atoms. The smallest absolute Gasteiger partial charge is 0.417 e. The highest BCUT2D eigenvalue weighted by atomic mass is 19.4. The molecule has 1 heterocycles. The first-order valence-corrected chi connectivity index (χ1v) is 5.65. The normalized spacial score (nSPS) is 21.9. The summed E-state index contributed by atoms with van der Waals surface area (Å²) in [6, 6.07) is 0. The molecule has 0 fully saturated rings. The molecule has 7 heteroatoms. The summed E-state index contributed by atoms with van der Waals surface area (Å²) in [5, 5.41) is 2.44. The largest absolute Gasteiger partial charge is 0.454 e. The average Bonchev–Trinajstić information content (AvgIpc) is 2.36. The second-order valence-corrected chi connectivity index (χ2v) is 4.19. The zero-order chi connectivity index (χ0) is 14.9. The first-order valence-electron chi connectivity index (χ1n) is 5.65. The van der Waals surface area contributed by atoms with Crippen LogP contribution in [-0.2, 0) is 14.3 Å². The van der Waals surface area contributed by atoms with Crippen molar-refractivity contribution in [3.63, 3.8) is 0 Å². The second kappa shape index (κ2) is 4.99. The van der Waals surface area contributed by atoms with E-state index in [0.29, 0.717) is 11.8 Å². The minimum Gasteiger partial charge on any atom is -0.454 e. The van der Waals surface area contributed by atoms with Gasteiger partial charge in [0.05, 0.1) is 5.57 Å². The SMILES string of the molecule is C=CC(=O)NC1=CC=C2C(C(F)(F)F)=CC(=O)OC2C1. The third-order valence-corrected chi connectivity index (χ3v) is 2.82. The lowest BCUT2D eigenvalue weighted by molar-refractivity contribution is -0.145. The van der Waals surface area contributed by atoms with Gasteiger partial charge in [-0.05, 0) is 12.2 Å². The van der Waals surface area contributed by atoms with Gasteiger partial charge in [-0.3, -0.25) is 4.79 Å². The van der Waals surface area contributed by atoms with Crippen molar-refractivity contribution >= 4 is 11.9 Å². The fourth-order valence-corrected chi connectivity index (χ4v) is 1.97. The van der Waals surface area contributed by atoms with Crippen molar-refractivity contribution in [2.45, 2.75) is 18.7 Å². The molecule has 0 saturated heterocycles. The Bertz CT molecular complexity index is 570. The lowest BCUT2D eigenvalue weighted by Gasteiger charge is -2.30. The second-order valence-electron chi connectivity index (χ2n) is 4.19. The lowest BCUT2D eigenvalue weighted by Crippen LogP contribution is -2.35. The van der Waals surface area contributed by atoms with Crippen LogP contribution in [0.25, 0.3) is 0 Å². The molecule has 0 aromatic heterocycles. The molecule has 4 nitrogen and oxygen atoms in total. The van der Waals surface area contributed by atoms with Crippen LogP contribution in [0.2, 0.25) is 0 Å². The Kier molecular flexibility index (Phi) is 3.52. The van der Waals surface area contributed by atoms with Crippen molar-refractivity contribution < 1.29 is 27.5 Å². The Balaban J connectivity index is 2.31. The highest BCUT2D eigenvalue weighted by Crippen LogP contribution is 2.39. The summed E-state index contributed by atoms with van der Waals surface area (Å²) in [6.45, 7) is 3.27. The third kappa shape index (κ3) is 2.81. The van der Waals surface area contributed by atoms with E-state index in [9.17, 15) is 22.8 Å². The number of halogens is 3. The quantitative estimate of drug-likeness (QED) is 0.623. The number of rotatable bonds is 2. The number of allylic oxidation sites excluding steroid dienone is 2. The van der Waals surface area contributed by atoms with Crippen molar-refractivity contribution in [1.82, 2.24) is 5.32 Å². The molecule has 2 rings (SSSR count). The molecule has 2 aliphatic rings. The lowest BCUT2D eigenvalue weighted by atomic mass is 9.90. The van der Waals surface area contributed by atoms with Crippen molar-refractivity contribution in [2.75, 3.05) is 0 Å². The van der Waals surface area contributed by atoms with Crippen LogP contribution in [-0.4, -0.2) is 24.2 Å². The van der Waals surface area contributed by atoms with Crippen molar-refractivity contribution in [1.29, 1.82) is 0 Å². The summed E-state index contributed by atoms with van der Waals surface area (Å²) in [7, 11) is 0. The molecule has 106 valence electrons. The summed E-state index contributed by atoms with van der Waals surface area (Å²) in [4.78, 5) is 22.3. The topological polar surface area (TPSA) is 55.4 Å². The van der Waals surface area contributed by atoms with E-state index in [2.05, 4.69) is 11.9 Å². The zero-order valence-electron chi connectivity index (χ0n) is 10.2. The summed E-state index contributed by atoms with van der Waals surface area (Å²) < 4.78 is 43.3. The summed E-state index contributed by atoms with van der Waals surface area (Å²) >= 11 is 0. The number of hydrogen-bond acceptors (Lipinski definition) is 3. The molecule has 1 aliphatic carbocycles. The fraction of sp³-hybridized carbons (Fsp3) is 0.231. The average molecular weight is 285 g/mol. The van der Waals surface area contributed by atoms with Gasteiger partial charge in [-0.2, -0.15) is 13.2 Å². The van der Waals surface area contributed by atoms with E-state index in [1.807, 2.05) is 0 Å². The Labute approximate surface area is 112 Å². The van der Waals surface area contributed by atoms with Crippen LogP contribution in [0.4, 0.5) is 13.2 Å². The number of ether oxygens (including phenoxy) is 1. The van der Waals surface area contributed by atoms with Crippen molar-refractivity contribution in [3.8, 4) is 0 Å². The van der Waals surface area contributed by atoms with Crippen LogP contribution in [0, 0.1) is 0 Å². The van der Waals surface area contributed by atoms with Crippen LogP contribution in [0.3, 0.4) is 0 Å². The number of alkyl halides is 3. The number of carbonyl (C=O) groups excluding carboxylic acids is 2. The molecule has 0 aromatic carbocycles. The van der Waals surface area contributed by atoms with Gasteiger partial charge < -0.3 is 10.1 Å². The minimum atomic E-state index is -4.63. The van der Waals surface area contributed by atoms with Gasteiger partial charge in [0.1, 0.15) is 6.10 Å². The number of nitrogens with one attached hydrogen (secondary N) is 1.